The zero-order chi connectivity index (χ0) is 17.6. The summed E-state index contributed by atoms with van der Waals surface area (Å²) in [4.78, 5) is 4.44. The Bertz CT molecular complexity index is 820. The van der Waals surface area contributed by atoms with Crippen molar-refractivity contribution in [3.63, 3.8) is 0 Å². The van der Waals surface area contributed by atoms with Gasteiger partial charge in [0.25, 0.3) is 0 Å². The molecule has 25 heavy (non-hydrogen) atoms. The van der Waals surface area contributed by atoms with Crippen LogP contribution in [0.15, 0.2) is 30.6 Å². The summed E-state index contributed by atoms with van der Waals surface area (Å²) >= 11 is 6.49. The number of nitrogens with zero attached hydrogens (tertiary/aromatic N) is 4. The lowest BCUT2D eigenvalue weighted by Crippen LogP contribution is -2.82. The number of para-hydroxylation sites is 2. The van der Waals surface area contributed by atoms with Crippen molar-refractivity contribution in [3.05, 3.63) is 47.0 Å². The van der Waals surface area contributed by atoms with Crippen LogP contribution in [-0.4, -0.2) is 25.9 Å². The molecule has 0 aliphatic carbocycles. The lowest BCUT2D eigenvalue weighted by atomic mass is 10.2. The highest BCUT2D eigenvalue weighted by Crippen LogP contribution is 2.19. The van der Waals surface area contributed by atoms with E-state index in [1.165, 1.54) is 11.1 Å². The lowest BCUT2D eigenvalue weighted by molar-refractivity contribution is -0.671. The largest absolute Gasteiger partial charge is 0.342 e. The Balaban J connectivity index is 1.48. The number of hydrogen-bond acceptors (Lipinski definition) is 2. The molecule has 0 spiro atoms. The second kappa shape index (κ2) is 8.50. The van der Waals surface area contributed by atoms with E-state index in [1.807, 2.05) is 17.1 Å². The molecule has 2 aromatic heterocycles. The van der Waals surface area contributed by atoms with Crippen molar-refractivity contribution in [3.8, 4) is 0 Å². The Labute approximate surface area is 154 Å². The van der Waals surface area contributed by atoms with Crippen LogP contribution in [0.3, 0.4) is 0 Å². The molecule has 0 saturated heterocycles. The molecule has 0 bridgehead atoms. The second-order valence-electron chi connectivity index (χ2n) is 6.49. The van der Waals surface area contributed by atoms with Gasteiger partial charge in [0.15, 0.2) is 0 Å². The molecule has 0 aliphatic heterocycles. The fourth-order valence-corrected chi connectivity index (χ4v) is 3.46. The molecular formula is C19H27ClN5+. The molecule has 6 heteroatoms. The zero-order valence-electron chi connectivity index (χ0n) is 15.1. The Kier molecular flexibility index (Phi) is 6.10. The minimum atomic E-state index is 0.808. The van der Waals surface area contributed by atoms with E-state index in [4.69, 9.17) is 11.6 Å². The minimum Gasteiger partial charge on any atom is -0.342 e. The maximum atomic E-state index is 6.49. The molecule has 0 unspecified atom stereocenters. The fraction of sp³-hybridized carbons (Fsp3) is 0.474. The van der Waals surface area contributed by atoms with Crippen LogP contribution in [0.25, 0.3) is 11.0 Å². The highest BCUT2D eigenvalue weighted by atomic mass is 35.5. The van der Waals surface area contributed by atoms with Gasteiger partial charge in [0, 0.05) is 19.5 Å². The van der Waals surface area contributed by atoms with Gasteiger partial charge in [-0.3, -0.25) is 4.68 Å². The average Bonchev–Trinajstić information content (AvgIpc) is 3.15. The number of halogens is 1. The van der Waals surface area contributed by atoms with Crippen LogP contribution >= 0.6 is 11.6 Å². The van der Waals surface area contributed by atoms with Crippen LogP contribution in [0, 0.1) is 6.92 Å². The standard InChI is InChI=1S/C19H26ClN5/c1-3-4-12-25-19(20)16(15(2)23-25)13-21-10-7-11-24-14-22-17-8-5-6-9-18(17)24/h5-6,8-9,14,21H,3-4,7,10-13H2,1-2H3/p+1. The number of aryl methyl sites for hydroxylation is 3. The predicted molar refractivity (Wildman–Crippen MR) is 102 cm³/mol. The van der Waals surface area contributed by atoms with E-state index < -0.39 is 0 Å². The zero-order valence-corrected chi connectivity index (χ0v) is 15.8. The lowest BCUT2D eigenvalue weighted by Gasteiger charge is -2.05. The summed E-state index contributed by atoms with van der Waals surface area (Å²) in [5.41, 5.74) is 4.50. The first-order chi connectivity index (χ1) is 12.2. The van der Waals surface area contributed by atoms with Crippen molar-refractivity contribution in [2.24, 2.45) is 0 Å². The number of nitrogens with two attached hydrogens (primary N) is 1. The normalized spacial score (nSPS) is 11.5. The highest BCUT2D eigenvalue weighted by molar-refractivity contribution is 6.30. The van der Waals surface area contributed by atoms with Crippen molar-refractivity contribution in [1.82, 2.24) is 19.3 Å². The molecule has 0 radical (unpaired) electrons. The van der Waals surface area contributed by atoms with E-state index in [9.17, 15) is 0 Å². The molecule has 3 rings (SSSR count). The average molecular weight is 361 g/mol. The number of quaternary nitrogens is 1. The van der Waals surface area contributed by atoms with Gasteiger partial charge in [-0.25, -0.2) is 4.98 Å². The monoisotopic (exact) mass is 360 g/mol. The van der Waals surface area contributed by atoms with Gasteiger partial charge >= 0.3 is 0 Å². The first-order valence-electron chi connectivity index (χ1n) is 9.14. The first kappa shape index (κ1) is 18.0. The van der Waals surface area contributed by atoms with Gasteiger partial charge in [0.05, 0.1) is 35.2 Å². The SMILES string of the molecule is CCCCn1nc(C)c(C[NH2+]CCCn2cnc3ccccc32)c1Cl. The third-order valence-electron chi connectivity index (χ3n) is 4.59. The first-order valence-corrected chi connectivity index (χ1v) is 9.51. The van der Waals surface area contributed by atoms with Crippen molar-refractivity contribution < 1.29 is 5.32 Å². The number of hydrogen-bond donors (Lipinski definition) is 1. The fourth-order valence-electron chi connectivity index (χ4n) is 3.12. The van der Waals surface area contributed by atoms with E-state index in [1.54, 1.807) is 0 Å². The molecule has 134 valence electrons. The summed E-state index contributed by atoms with van der Waals surface area (Å²) in [6, 6.07) is 8.27. The summed E-state index contributed by atoms with van der Waals surface area (Å²) in [7, 11) is 0. The van der Waals surface area contributed by atoms with E-state index in [0.717, 1.165) is 61.8 Å². The molecular weight excluding hydrogens is 334 g/mol. The summed E-state index contributed by atoms with van der Waals surface area (Å²) in [5, 5.41) is 7.70. The molecule has 0 saturated carbocycles. The number of unbranched alkanes of at least 4 members (excludes halogenated alkanes) is 1. The van der Waals surface area contributed by atoms with Crippen LogP contribution in [0.1, 0.15) is 37.4 Å². The van der Waals surface area contributed by atoms with E-state index >= 15 is 0 Å². The molecule has 0 fully saturated rings. The molecule has 1 aromatic carbocycles. The summed E-state index contributed by atoms with van der Waals surface area (Å²) in [6.07, 6.45) is 5.30. The Hall–Kier alpha value is -1.85. The molecule has 5 nitrogen and oxygen atoms in total. The van der Waals surface area contributed by atoms with Crippen molar-refractivity contribution >= 4 is 22.6 Å². The van der Waals surface area contributed by atoms with Crippen LogP contribution in [0.4, 0.5) is 0 Å². The molecule has 0 atom stereocenters. The maximum Gasteiger partial charge on any atom is 0.136 e. The van der Waals surface area contributed by atoms with E-state index in [0.29, 0.717) is 0 Å². The Morgan fingerprint density at radius 3 is 2.84 bits per heavy atom. The number of fused-ring (bicyclic) bond motifs is 1. The van der Waals surface area contributed by atoms with Gasteiger partial charge in [0.2, 0.25) is 0 Å². The van der Waals surface area contributed by atoms with Gasteiger partial charge in [-0.15, -0.1) is 0 Å². The minimum absolute atomic E-state index is 0.808. The van der Waals surface area contributed by atoms with Crippen molar-refractivity contribution in [2.45, 2.75) is 52.7 Å². The molecule has 0 amide bonds. The number of rotatable bonds is 9. The molecule has 0 aliphatic rings. The van der Waals surface area contributed by atoms with Gasteiger partial charge in [-0.05, 0) is 25.5 Å². The second-order valence-corrected chi connectivity index (χ2v) is 6.85. The third kappa shape index (κ3) is 4.22. The van der Waals surface area contributed by atoms with Gasteiger partial charge in [-0.2, -0.15) is 5.10 Å². The van der Waals surface area contributed by atoms with Crippen molar-refractivity contribution in [2.75, 3.05) is 6.54 Å². The summed E-state index contributed by atoms with van der Waals surface area (Å²) < 4.78 is 4.17. The van der Waals surface area contributed by atoms with Gasteiger partial charge in [-0.1, -0.05) is 37.1 Å². The van der Waals surface area contributed by atoms with Gasteiger partial charge < -0.3 is 9.88 Å². The summed E-state index contributed by atoms with van der Waals surface area (Å²) in [6.45, 7) is 8.07. The Morgan fingerprint density at radius 1 is 1.16 bits per heavy atom. The van der Waals surface area contributed by atoms with Crippen molar-refractivity contribution in [1.29, 1.82) is 0 Å². The number of benzene rings is 1. The topological polar surface area (TPSA) is 52.2 Å². The Morgan fingerprint density at radius 2 is 2.00 bits per heavy atom. The number of imidazole rings is 1. The molecule has 2 heterocycles. The molecule has 2 N–H and O–H groups in total. The smallest absolute Gasteiger partial charge is 0.136 e. The molecule has 3 aromatic rings. The quantitative estimate of drug-likeness (QED) is 0.596. The van der Waals surface area contributed by atoms with E-state index in [2.05, 4.69) is 52.0 Å². The van der Waals surface area contributed by atoms with Gasteiger partial charge in [0.1, 0.15) is 11.7 Å². The van der Waals surface area contributed by atoms with Crippen LogP contribution in [0.5, 0.6) is 0 Å². The van der Waals surface area contributed by atoms with Crippen LogP contribution < -0.4 is 5.32 Å². The third-order valence-corrected chi connectivity index (χ3v) is 5.01. The summed E-state index contributed by atoms with van der Waals surface area (Å²) in [5.74, 6) is 0. The maximum absolute atomic E-state index is 6.49. The van der Waals surface area contributed by atoms with Crippen LogP contribution in [0.2, 0.25) is 5.15 Å². The number of aromatic nitrogens is 4. The van der Waals surface area contributed by atoms with Crippen LogP contribution in [-0.2, 0) is 19.6 Å². The predicted octanol–water partition coefficient (Wildman–Crippen LogP) is 3.15. The van der Waals surface area contributed by atoms with E-state index in [-0.39, 0.29) is 0 Å². The highest BCUT2D eigenvalue weighted by Gasteiger charge is 2.14.